The van der Waals surface area contributed by atoms with Crippen molar-refractivity contribution in [3.63, 3.8) is 0 Å². The highest BCUT2D eigenvalue weighted by molar-refractivity contribution is 7.09. The van der Waals surface area contributed by atoms with Gasteiger partial charge >= 0.3 is 18.0 Å². The molecule has 0 unspecified atom stereocenters. The van der Waals surface area contributed by atoms with Gasteiger partial charge in [0.05, 0.1) is 18.0 Å². The summed E-state index contributed by atoms with van der Waals surface area (Å²) in [6.45, 7) is 22.2. The zero-order valence-electron chi connectivity index (χ0n) is 49.1. The summed E-state index contributed by atoms with van der Waals surface area (Å²) in [6.07, 6.45) is 10.5. The molecule has 1 aliphatic carbocycles. The first-order chi connectivity index (χ1) is 36.9. The minimum absolute atomic E-state index is 0.0877. The molecular formula is C59H96N8O10S. The van der Waals surface area contributed by atoms with Crippen molar-refractivity contribution >= 4 is 58.7 Å². The minimum Gasteiger partial charge on any atom is -0.462 e. The Morgan fingerprint density at radius 1 is 0.910 bits per heavy atom. The number of aromatic nitrogens is 1. The summed E-state index contributed by atoms with van der Waals surface area (Å²) in [5, 5.41) is 13.9. The number of hydrogen-bond acceptors (Lipinski definition) is 14. The summed E-state index contributed by atoms with van der Waals surface area (Å²) in [7, 11) is 1.95. The average Bonchev–Trinajstić information content (AvgIpc) is 3.88. The lowest BCUT2D eigenvalue weighted by molar-refractivity contribution is -0.155. The molecule has 1 saturated carbocycles. The van der Waals surface area contributed by atoms with Crippen molar-refractivity contribution in [1.29, 1.82) is 0 Å². The van der Waals surface area contributed by atoms with Gasteiger partial charge in [-0.1, -0.05) is 79.4 Å². The van der Waals surface area contributed by atoms with Gasteiger partial charge in [0.1, 0.15) is 28.4 Å². The fourth-order valence-electron chi connectivity index (χ4n) is 10.3. The number of esters is 2. The third-order valence-electron chi connectivity index (χ3n) is 15.2. The van der Waals surface area contributed by atoms with Crippen LogP contribution >= 0.6 is 11.3 Å². The first-order valence-electron chi connectivity index (χ1n) is 29.0. The van der Waals surface area contributed by atoms with Crippen molar-refractivity contribution in [2.45, 2.75) is 227 Å². The quantitative estimate of drug-likeness (QED) is 0.0319. The molecule has 2 heterocycles. The Kier molecular flexibility index (Phi) is 27.0. The fraction of sp³-hybridized carbons (Fsp3) is 0.729. The zero-order valence-corrected chi connectivity index (χ0v) is 49.9. The number of carbonyl (C=O) groups excluding carboxylic acids is 7. The summed E-state index contributed by atoms with van der Waals surface area (Å²) >= 11 is 1.19. The monoisotopic (exact) mass is 1110 g/mol. The van der Waals surface area contributed by atoms with Gasteiger partial charge in [-0.2, -0.15) is 0 Å². The van der Waals surface area contributed by atoms with Crippen LogP contribution in [0.2, 0.25) is 0 Å². The SMILES string of the molecule is CC[C@H](C)[C@H](NC(=O)[C@H]1C[C@H](C)CCN1C)C(=O)N(CC)[C@H](C[C@@H](OC(C)=O)c1nc(C(=O)N[C@@H](Cc2ccc(NC(=O)[C@@H](N)CCCCNC(=O)OC(C)(C)C)cc2)C[C@H](C)C(=O)OC2CCCCCCC2)cs1)C(C)C. The number of unbranched alkanes of at least 4 members (excludes halogenated alkanes) is 1. The van der Waals surface area contributed by atoms with Crippen LogP contribution in [0.15, 0.2) is 29.6 Å². The highest BCUT2D eigenvalue weighted by Gasteiger charge is 2.39. The predicted molar refractivity (Wildman–Crippen MR) is 306 cm³/mol. The second-order valence-corrected chi connectivity index (χ2v) is 24.4. The van der Waals surface area contributed by atoms with E-state index in [1.807, 2.05) is 60.7 Å². The molecule has 0 bridgehead atoms. The number of amides is 5. The molecule has 19 heteroatoms. The lowest BCUT2D eigenvalue weighted by Crippen LogP contribution is -2.59. The molecule has 4 rings (SSSR count). The number of nitrogens with two attached hydrogens (primary N) is 1. The molecule has 2 aliphatic rings. The summed E-state index contributed by atoms with van der Waals surface area (Å²) in [6, 6.07) is 4.44. The summed E-state index contributed by atoms with van der Waals surface area (Å²) in [5.41, 5.74) is 7.14. The molecular weight excluding hydrogens is 1010 g/mol. The molecule has 5 amide bonds. The van der Waals surface area contributed by atoms with Crippen molar-refractivity contribution in [2.75, 3.05) is 32.0 Å². The number of rotatable bonds is 27. The largest absolute Gasteiger partial charge is 0.462 e. The Balaban J connectivity index is 1.50. The molecule has 2 aromatic rings. The lowest BCUT2D eigenvalue weighted by Gasteiger charge is -2.40. The number of alkyl carbamates (subject to hydrolysis) is 1. The first-order valence-corrected chi connectivity index (χ1v) is 29.8. The van der Waals surface area contributed by atoms with Gasteiger partial charge in [-0.3, -0.25) is 33.7 Å². The zero-order chi connectivity index (χ0) is 57.7. The Labute approximate surface area is 469 Å². The Bertz CT molecular complexity index is 2230. The molecule has 6 N–H and O–H groups in total. The van der Waals surface area contributed by atoms with E-state index in [4.69, 9.17) is 24.9 Å². The third-order valence-corrected chi connectivity index (χ3v) is 16.1. The molecule has 9 atom stereocenters. The number of carbonyl (C=O) groups is 7. The molecule has 1 aromatic heterocycles. The van der Waals surface area contributed by atoms with Gasteiger partial charge in [0.25, 0.3) is 5.91 Å². The van der Waals surface area contributed by atoms with E-state index in [1.54, 1.807) is 43.2 Å². The second-order valence-electron chi connectivity index (χ2n) is 23.5. The van der Waals surface area contributed by atoms with Gasteiger partial charge in [0.15, 0.2) is 6.10 Å². The van der Waals surface area contributed by atoms with Crippen LogP contribution in [0.25, 0.3) is 0 Å². The molecule has 78 heavy (non-hydrogen) atoms. The number of nitrogens with zero attached hydrogens (tertiary/aromatic N) is 3. The molecule has 1 aromatic carbocycles. The molecule has 438 valence electrons. The topological polar surface area (TPSA) is 241 Å². The molecule has 0 radical (unpaired) electrons. The van der Waals surface area contributed by atoms with E-state index in [1.165, 1.54) is 24.7 Å². The van der Waals surface area contributed by atoms with Crippen LogP contribution in [0.3, 0.4) is 0 Å². The normalized spacial score (nSPS) is 19.3. The van der Waals surface area contributed by atoms with Gasteiger partial charge in [0.2, 0.25) is 17.7 Å². The standard InChI is InChI=1S/C59H96N8O10S/c1-13-39(6)51(65-54(71)49-32-38(5)29-31-66(49)12)56(72)67(14-2)48(37(3)4)35-50(75-41(8)68)55-64-47(36-78-55)53(70)63-44(33-40(7)57(73)76-45-22-18-16-15-17-19-23-45)34-42-25-27-43(28-26-42)62-52(69)46(60)24-20-21-30-61-58(74)77-59(9,10)11/h25-28,36-40,44-46,48-51H,13-24,29-35,60H2,1-12H3,(H,61,74)(H,62,69)(H,63,70)(H,65,71)/t38-,39+,40+,44-,46+,48-,49-,50-,51+/m1/s1. The van der Waals surface area contributed by atoms with Crippen molar-refractivity contribution in [1.82, 2.24) is 30.7 Å². The number of nitrogens with one attached hydrogen (secondary N) is 4. The van der Waals surface area contributed by atoms with Crippen LogP contribution < -0.4 is 27.0 Å². The highest BCUT2D eigenvalue weighted by atomic mass is 32.1. The van der Waals surface area contributed by atoms with Gasteiger partial charge in [-0.15, -0.1) is 11.3 Å². The van der Waals surface area contributed by atoms with Gasteiger partial charge in [0, 0.05) is 49.6 Å². The Morgan fingerprint density at radius 2 is 1.58 bits per heavy atom. The summed E-state index contributed by atoms with van der Waals surface area (Å²) < 4.78 is 17.3. The maximum atomic E-state index is 14.7. The van der Waals surface area contributed by atoms with Crippen molar-refractivity contribution in [2.24, 2.45) is 29.4 Å². The average molecular weight is 1110 g/mol. The van der Waals surface area contributed by atoms with Crippen LogP contribution in [-0.4, -0.2) is 125 Å². The molecule has 18 nitrogen and oxygen atoms in total. The predicted octanol–water partition coefficient (Wildman–Crippen LogP) is 9.26. The second kappa shape index (κ2) is 32.2. The van der Waals surface area contributed by atoms with Crippen LogP contribution in [0, 0.1) is 23.7 Å². The maximum Gasteiger partial charge on any atom is 0.407 e. The minimum atomic E-state index is -0.891. The van der Waals surface area contributed by atoms with E-state index in [-0.39, 0.29) is 66.2 Å². The molecule has 2 fully saturated rings. The highest BCUT2D eigenvalue weighted by Crippen LogP contribution is 2.32. The number of thiazole rings is 1. The number of piperidine rings is 1. The number of likely N-dealkylation sites (tertiary alicyclic amines) is 1. The number of benzene rings is 1. The van der Waals surface area contributed by atoms with Gasteiger partial charge in [-0.05, 0) is 147 Å². The van der Waals surface area contributed by atoms with E-state index in [0.717, 1.165) is 63.5 Å². The van der Waals surface area contributed by atoms with E-state index in [0.29, 0.717) is 61.8 Å². The number of anilines is 1. The number of likely N-dealkylation sites (N-methyl/N-ethyl adjacent to an activating group) is 2. The van der Waals surface area contributed by atoms with Crippen LogP contribution in [-0.2, 0) is 44.6 Å². The molecule has 1 aliphatic heterocycles. The van der Waals surface area contributed by atoms with E-state index in [2.05, 4.69) is 33.1 Å². The maximum absolute atomic E-state index is 14.7. The first kappa shape index (κ1) is 65.4. The van der Waals surface area contributed by atoms with Gasteiger partial charge < -0.3 is 46.1 Å². The third kappa shape index (κ3) is 21.8. The number of ether oxygens (including phenoxy) is 3. The smallest absolute Gasteiger partial charge is 0.407 e. The summed E-state index contributed by atoms with van der Waals surface area (Å²) in [4.78, 5) is 103. The van der Waals surface area contributed by atoms with E-state index in [9.17, 15) is 33.6 Å². The molecule has 1 saturated heterocycles. The Hall–Kier alpha value is -5.14. The Morgan fingerprint density at radius 3 is 2.19 bits per heavy atom. The van der Waals surface area contributed by atoms with Crippen molar-refractivity contribution in [3.8, 4) is 0 Å². The summed E-state index contributed by atoms with van der Waals surface area (Å²) in [5.74, 6) is -2.39. The van der Waals surface area contributed by atoms with E-state index >= 15 is 0 Å². The fourth-order valence-corrected chi connectivity index (χ4v) is 11.1. The van der Waals surface area contributed by atoms with Crippen LogP contribution in [0.1, 0.15) is 200 Å². The van der Waals surface area contributed by atoms with Gasteiger partial charge in [-0.25, -0.2) is 9.78 Å². The van der Waals surface area contributed by atoms with Crippen molar-refractivity contribution in [3.05, 3.63) is 45.9 Å². The van der Waals surface area contributed by atoms with E-state index < -0.39 is 59.8 Å². The number of hydrogen-bond donors (Lipinski definition) is 5. The van der Waals surface area contributed by atoms with Crippen molar-refractivity contribution < 1.29 is 47.8 Å². The van der Waals surface area contributed by atoms with Crippen LogP contribution in [0.4, 0.5) is 10.5 Å². The lowest BCUT2D eigenvalue weighted by atomic mass is 9.90. The van der Waals surface area contributed by atoms with Crippen LogP contribution in [0.5, 0.6) is 0 Å². The molecule has 0 spiro atoms.